The first kappa shape index (κ1) is 9.89. The number of hydrogen-bond acceptors (Lipinski definition) is 3. The minimum Gasteiger partial charge on any atom is -0.390 e. The van der Waals surface area contributed by atoms with E-state index in [1.54, 1.807) is 6.20 Å². The largest absolute Gasteiger partial charge is 0.390 e. The van der Waals surface area contributed by atoms with E-state index in [-0.39, 0.29) is 12.7 Å². The minimum absolute atomic E-state index is 0.0137. The summed E-state index contributed by atoms with van der Waals surface area (Å²) in [5.41, 5.74) is 0.825. The van der Waals surface area contributed by atoms with Crippen LogP contribution in [-0.4, -0.2) is 27.4 Å². The van der Waals surface area contributed by atoms with E-state index in [4.69, 9.17) is 22.1 Å². The van der Waals surface area contributed by atoms with E-state index >= 15 is 0 Å². The number of nitrogens with one attached hydrogen (secondary N) is 1. The topological polar surface area (TPSA) is 50.2 Å². The van der Waals surface area contributed by atoms with E-state index in [2.05, 4.69) is 4.98 Å². The number of ether oxygens (including phenoxy) is 1. The monoisotopic (exact) mass is 214 g/mol. The van der Waals surface area contributed by atoms with Crippen molar-refractivity contribution in [3.63, 3.8) is 0 Å². The van der Waals surface area contributed by atoms with E-state index in [0.29, 0.717) is 4.77 Å². The molecule has 1 aliphatic heterocycles. The van der Waals surface area contributed by atoms with E-state index in [1.165, 1.54) is 0 Å². The Morgan fingerprint density at radius 2 is 2.57 bits per heavy atom. The summed E-state index contributed by atoms with van der Waals surface area (Å²) >= 11 is 5.11. The lowest BCUT2D eigenvalue weighted by Gasteiger charge is -2.11. The van der Waals surface area contributed by atoms with Gasteiger partial charge in [0.15, 0.2) is 4.77 Å². The third-order valence-corrected chi connectivity index (χ3v) is 2.86. The SMILES string of the molecule is OCc1c[nH]c(=S)n1CC1CCCO1. The minimum atomic E-state index is 0.0137. The summed E-state index contributed by atoms with van der Waals surface area (Å²) in [6.45, 7) is 1.61. The molecule has 0 bridgehead atoms. The van der Waals surface area contributed by atoms with Gasteiger partial charge in [-0.05, 0) is 25.1 Å². The zero-order chi connectivity index (χ0) is 9.97. The number of aromatic amines is 1. The van der Waals surface area contributed by atoms with Crippen LogP contribution >= 0.6 is 12.2 Å². The fourth-order valence-corrected chi connectivity index (χ4v) is 2.01. The van der Waals surface area contributed by atoms with Gasteiger partial charge in [-0.15, -0.1) is 0 Å². The van der Waals surface area contributed by atoms with Crippen molar-refractivity contribution < 1.29 is 9.84 Å². The van der Waals surface area contributed by atoms with Crippen LogP contribution in [0.15, 0.2) is 6.20 Å². The van der Waals surface area contributed by atoms with Gasteiger partial charge in [-0.3, -0.25) is 0 Å². The van der Waals surface area contributed by atoms with E-state index in [1.807, 2.05) is 4.57 Å². The number of nitrogens with zero attached hydrogens (tertiary/aromatic N) is 1. The molecule has 0 radical (unpaired) electrons. The Kier molecular flexibility index (Phi) is 3.00. The van der Waals surface area contributed by atoms with Crippen LogP contribution in [0.4, 0.5) is 0 Å². The van der Waals surface area contributed by atoms with Gasteiger partial charge in [0.2, 0.25) is 0 Å². The molecule has 0 amide bonds. The van der Waals surface area contributed by atoms with Crippen LogP contribution in [-0.2, 0) is 17.9 Å². The van der Waals surface area contributed by atoms with Crippen LogP contribution in [0, 0.1) is 4.77 Å². The molecule has 4 nitrogen and oxygen atoms in total. The average molecular weight is 214 g/mol. The van der Waals surface area contributed by atoms with Gasteiger partial charge in [0.25, 0.3) is 0 Å². The predicted octanol–water partition coefficient (Wildman–Crippen LogP) is 1.22. The summed E-state index contributed by atoms with van der Waals surface area (Å²) in [7, 11) is 0. The van der Waals surface area contributed by atoms with Crippen molar-refractivity contribution in [2.24, 2.45) is 0 Å². The van der Waals surface area contributed by atoms with Crippen LogP contribution in [0.1, 0.15) is 18.5 Å². The van der Waals surface area contributed by atoms with Gasteiger partial charge in [0, 0.05) is 12.8 Å². The molecule has 78 valence electrons. The summed E-state index contributed by atoms with van der Waals surface area (Å²) < 4.78 is 8.08. The maximum Gasteiger partial charge on any atom is 0.177 e. The van der Waals surface area contributed by atoms with Crippen molar-refractivity contribution >= 4 is 12.2 Å². The number of rotatable bonds is 3. The molecule has 1 aliphatic rings. The zero-order valence-electron chi connectivity index (χ0n) is 7.90. The van der Waals surface area contributed by atoms with Crippen molar-refractivity contribution in [1.29, 1.82) is 0 Å². The second-order valence-electron chi connectivity index (χ2n) is 3.49. The molecule has 14 heavy (non-hydrogen) atoms. The lowest BCUT2D eigenvalue weighted by atomic mass is 10.2. The van der Waals surface area contributed by atoms with Crippen LogP contribution < -0.4 is 0 Å². The van der Waals surface area contributed by atoms with Gasteiger partial charge >= 0.3 is 0 Å². The first-order chi connectivity index (χ1) is 6.81. The number of aliphatic hydroxyl groups is 1. The highest BCUT2D eigenvalue weighted by Crippen LogP contribution is 2.15. The number of aromatic nitrogens is 2. The lowest BCUT2D eigenvalue weighted by Crippen LogP contribution is -2.16. The zero-order valence-corrected chi connectivity index (χ0v) is 8.72. The van der Waals surface area contributed by atoms with Gasteiger partial charge in [0.05, 0.1) is 24.9 Å². The fourth-order valence-electron chi connectivity index (χ4n) is 1.75. The predicted molar refractivity (Wildman–Crippen MR) is 54.5 cm³/mol. The third-order valence-electron chi connectivity index (χ3n) is 2.53. The molecule has 0 saturated carbocycles. The third kappa shape index (κ3) is 1.89. The van der Waals surface area contributed by atoms with Gasteiger partial charge < -0.3 is 19.4 Å². The molecule has 5 heteroatoms. The Morgan fingerprint density at radius 3 is 3.21 bits per heavy atom. The molecule has 1 aromatic heterocycles. The summed E-state index contributed by atoms with van der Waals surface area (Å²) in [6, 6.07) is 0. The number of imidazole rings is 1. The highest BCUT2D eigenvalue weighted by atomic mass is 32.1. The molecule has 1 fully saturated rings. The molecular weight excluding hydrogens is 200 g/mol. The Labute approximate surface area is 87.5 Å². The maximum absolute atomic E-state index is 9.08. The average Bonchev–Trinajstić information content (AvgIpc) is 2.79. The molecule has 1 unspecified atom stereocenters. The van der Waals surface area contributed by atoms with Crippen molar-refractivity contribution in [1.82, 2.24) is 9.55 Å². The normalized spacial score (nSPS) is 21.6. The Balaban J connectivity index is 2.13. The van der Waals surface area contributed by atoms with Crippen LogP contribution in [0.5, 0.6) is 0 Å². The first-order valence-corrected chi connectivity index (χ1v) is 5.21. The molecule has 1 aromatic rings. The smallest absolute Gasteiger partial charge is 0.177 e. The highest BCUT2D eigenvalue weighted by molar-refractivity contribution is 7.71. The molecule has 2 heterocycles. The van der Waals surface area contributed by atoms with Crippen LogP contribution in [0.2, 0.25) is 0 Å². The molecule has 1 atom stereocenters. The van der Waals surface area contributed by atoms with Gasteiger partial charge in [-0.1, -0.05) is 0 Å². The van der Waals surface area contributed by atoms with Crippen LogP contribution in [0.3, 0.4) is 0 Å². The number of aliphatic hydroxyl groups excluding tert-OH is 1. The molecule has 0 aliphatic carbocycles. The highest BCUT2D eigenvalue weighted by Gasteiger charge is 2.17. The van der Waals surface area contributed by atoms with Gasteiger partial charge in [-0.2, -0.15) is 0 Å². The molecule has 0 aromatic carbocycles. The Morgan fingerprint density at radius 1 is 1.71 bits per heavy atom. The number of H-pyrrole nitrogens is 1. The quantitative estimate of drug-likeness (QED) is 0.744. The van der Waals surface area contributed by atoms with Gasteiger partial charge in [-0.25, -0.2) is 0 Å². The van der Waals surface area contributed by atoms with Crippen molar-refractivity contribution in [2.45, 2.75) is 32.1 Å². The molecule has 2 rings (SSSR count). The van der Waals surface area contributed by atoms with E-state index < -0.39 is 0 Å². The van der Waals surface area contributed by atoms with Crippen LogP contribution in [0.25, 0.3) is 0 Å². The second kappa shape index (κ2) is 4.25. The van der Waals surface area contributed by atoms with E-state index in [0.717, 1.165) is 31.7 Å². The van der Waals surface area contributed by atoms with Gasteiger partial charge in [0.1, 0.15) is 0 Å². The summed E-state index contributed by atoms with van der Waals surface area (Å²) in [6.07, 6.45) is 4.20. The standard InChI is InChI=1S/C9H14N2O2S/c12-6-7-4-10-9(14)11(7)5-8-2-1-3-13-8/h4,8,12H,1-3,5-6H2,(H,10,14). The fraction of sp³-hybridized carbons (Fsp3) is 0.667. The first-order valence-electron chi connectivity index (χ1n) is 4.81. The number of hydrogen-bond donors (Lipinski definition) is 2. The molecule has 2 N–H and O–H groups in total. The van der Waals surface area contributed by atoms with Crippen molar-refractivity contribution in [3.8, 4) is 0 Å². The summed E-state index contributed by atoms with van der Waals surface area (Å²) in [4.78, 5) is 2.92. The maximum atomic E-state index is 9.08. The van der Waals surface area contributed by atoms with Crippen molar-refractivity contribution in [3.05, 3.63) is 16.7 Å². The lowest BCUT2D eigenvalue weighted by molar-refractivity contribution is 0.0949. The van der Waals surface area contributed by atoms with Crippen molar-refractivity contribution in [2.75, 3.05) is 6.61 Å². The Bertz CT molecular complexity index is 352. The molecule has 1 saturated heterocycles. The Hall–Kier alpha value is -0.650. The molecule has 0 spiro atoms. The second-order valence-corrected chi connectivity index (χ2v) is 3.88. The molecular formula is C9H14N2O2S. The summed E-state index contributed by atoms with van der Waals surface area (Å²) in [5, 5.41) is 9.08. The summed E-state index contributed by atoms with van der Waals surface area (Å²) in [5.74, 6) is 0. The van der Waals surface area contributed by atoms with E-state index in [9.17, 15) is 0 Å².